The summed E-state index contributed by atoms with van der Waals surface area (Å²) in [6.07, 6.45) is 0. The molecule has 0 fully saturated rings. The number of aromatic carboxylic acids is 1. The highest BCUT2D eigenvalue weighted by Gasteiger charge is 2.27. The number of carbonyl (C=O) groups excluding carboxylic acids is 1. The average molecular weight is 390 g/mol. The van der Waals surface area contributed by atoms with Gasteiger partial charge in [0.05, 0.1) is 25.4 Å². The summed E-state index contributed by atoms with van der Waals surface area (Å²) in [6, 6.07) is 3.19. The minimum absolute atomic E-state index is 0.0121. The Morgan fingerprint density at radius 1 is 1.07 bits per heavy atom. The number of benzene rings is 1. The summed E-state index contributed by atoms with van der Waals surface area (Å²) in [5.74, 6) is -1.70. The third-order valence-corrected chi connectivity index (χ3v) is 4.28. The quantitative estimate of drug-likeness (QED) is 0.297. The number of hydrogen-bond acceptors (Lipinski definition) is 6. The number of hydrogen-bond donors (Lipinski definition) is 6. The number of rotatable bonds is 8. The standard InChI is InChI=1S/C18H22N2O6.C2H4/c1-9(24)15-16(14(5-19-2)20-17(15)18(25)26)11-4-3-10(6-21)12(7-22)13(11)8-23;1-2/h3-4,19-23H,5-8H2,1-2H3,(H,25,26);1-2H2. The van der Waals surface area contributed by atoms with Gasteiger partial charge in [-0.1, -0.05) is 12.1 Å². The summed E-state index contributed by atoms with van der Waals surface area (Å²) in [5, 5.41) is 41.3. The van der Waals surface area contributed by atoms with Crippen molar-refractivity contribution < 1.29 is 30.0 Å². The average Bonchev–Trinajstić information content (AvgIpc) is 3.08. The van der Waals surface area contributed by atoms with Crippen molar-refractivity contribution in [3.05, 3.63) is 58.9 Å². The van der Waals surface area contributed by atoms with Gasteiger partial charge in [0.1, 0.15) is 5.69 Å². The van der Waals surface area contributed by atoms with Gasteiger partial charge in [-0.25, -0.2) is 4.79 Å². The van der Waals surface area contributed by atoms with Gasteiger partial charge in [0.2, 0.25) is 0 Å². The molecule has 0 aliphatic carbocycles. The van der Waals surface area contributed by atoms with Crippen molar-refractivity contribution in [3.8, 4) is 11.1 Å². The maximum atomic E-state index is 12.2. The number of carbonyl (C=O) groups is 2. The lowest BCUT2D eigenvalue weighted by molar-refractivity contribution is 0.0686. The number of aliphatic hydroxyl groups is 3. The number of ketones is 1. The first-order chi connectivity index (χ1) is 13.4. The van der Waals surface area contributed by atoms with Crippen LogP contribution in [0, 0.1) is 0 Å². The molecule has 28 heavy (non-hydrogen) atoms. The summed E-state index contributed by atoms with van der Waals surface area (Å²) < 4.78 is 0. The molecule has 0 unspecified atom stereocenters. The first-order valence-electron chi connectivity index (χ1n) is 8.51. The van der Waals surface area contributed by atoms with E-state index in [1.165, 1.54) is 6.92 Å². The molecule has 0 saturated heterocycles. The summed E-state index contributed by atoms with van der Waals surface area (Å²) >= 11 is 0. The van der Waals surface area contributed by atoms with E-state index < -0.39 is 25.0 Å². The van der Waals surface area contributed by atoms with Crippen LogP contribution in [0.2, 0.25) is 0 Å². The van der Waals surface area contributed by atoms with E-state index in [9.17, 15) is 30.0 Å². The Bertz CT molecular complexity index is 857. The van der Waals surface area contributed by atoms with Gasteiger partial charge in [-0.15, -0.1) is 13.2 Å². The molecule has 8 heteroatoms. The molecule has 0 spiro atoms. The highest BCUT2D eigenvalue weighted by molar-refractivity contribution is 6.10. The van der Waals surface area contributed by atoms with Gasteiger partial charge in [-0.3, -0.25) is 4.79 Å². The minimum atomic E-state index is -1.27. The molecule has 2 aromatic rings. The lowest BCUT2D eigenvalue weighted by atomic mass is 9.89. The van der Waals surface area contributed by atoms with Crippen LogP contribution in [-0.2, 0) is 26.4 Å². The second-order valence-electron chi connectivity index (χ2n) is 5.82. The van der Waals surface area contributed by atoms with E-state index in [1.54, 1.807) is 19.2 Å². The van der Waals surface area contributed by atoms with Crippen molar-refractivity contribution in [2.75, 3.05) is 7.05 Å². The summed E-state index contributed by atoms with van der Waals surface area (Å²) in [4.78, 5) is 26.6. The molecular weight excluding hydrogens is 364 g/mol. The highest BCUT2D eigenvalue weighted by Crippen LogP contribution is 2.36. The number of H-pyrrole nitrogens is 1. The minimum Gasteiger partial charge on any atom is -0.477 e. The predicted molar refractivity (Wildman–Crippen MR) is 105 cm³/mol. The van der Waals surface area contributed by atoms with Crippen LogP contribution in [0.5, 0.6) is 0 Å². The fraction of sp³-hybridized carbons (Fsp3) is 0.300. The number of Topliss-reactive ketones (excluding diaryl/α,β-unsaturated/α-hetero) is 1. The van der Waals surface area contributed by atoms with Gasteiger partial charge in [0, 0.05) is 17.8 Å². The van der Waals surface area contributed by atoms with E-state index in [2.05, 4.69) is 23.5 Å². The Morgan fingerprint density at radius 2 is 1.68 bits per heavy atom. The zero-order chi connectivity index (χ0) is 21.4. The Balaban J connectivity index is 0.00000190. The summed E-state index contributed by atoms with van der Waals surface area (Å²) in [7, 11) is 1.68. The molecule has 0 amide bonds. The smallest absolute Gasteiger partial charge is 0.353 e. The molecule has 152 valence electrons. The maximum Gasteiger partial charge on any atom is 0.353 e. The molecule has 0 atom stereocenters. The van der Waals surface area contributed by atoms with Crippen LogP contribution < -0.4 is 5.32 Å². The van der Waals surface area contributed by atoms with E-state index in [-0.39, 0.29) is 24.4 Å². The molecule has 1 aromatic heterocycles. The van der Waals surface area contributed by atoms with Crippen molar-refractivity contribution >= 4 is 11.8 Å². The summed E-state index contributed by atoms with van der Waals surface area (Å²) in [6.45, 7) is 6.37. The number of aliphatic hydroxyl groups excluding tert-OH is 3. The van der Waals surface area contributed by atoms with Crippen LogP contribution in [0.25, 0.3) is 11.1 Å². The molecule has 1 heterocycles. The monoisotopic (exact) mass is 390 g/mol. The van der Waals surface area contributed by atoms with E-state index in [0.717, 1.165) is 0 Å². The van der Waals surface area contributed by atoms with Gasteiger partial charge < -0.3 is 30.7 Å². The molecule has 0 bridgehead atoms. The molecule has 6 N–H and O–H groups in total. The number of nitrogens with one attached hydrogen (secondary N) is 2. The predicted octanol–water partition coefficient (Wildman–Crippen LogP) is 1.58. The topological polar surface area (TPSA) is 143 Å². The largest absolute Gasteiger partial charge is 0.477 e. The SMILES string of the molecule is C=C.CNCc1[nH]c(C(=O)O)c(C(C)=O)c1-c1ccc(CO)c(CO)c1CO. The molecule has 1 aromatic carbocycles. The second kappa shape index (κ2) is 10.5. The molecule has 8 nitrogen and oxygen atoms in total. The van der Waals surface area contributed by atoms with Crippen molar-refractivity contribution in [2.24, 2.45) is 0 Å². The molecule has 0 saturated carbocycles. The molecule has 2 rings (SSSR count). The van der Waals surface area contributed by atoms with Crippen LogP contribution in [0.1, 0.15) is 50.2 Å². The maximum absolute atomic E-state index is 12.2. The number of carboxylic acids is 1. The molecule has 0 aliphatic rings. The van der Waals surface area contributed by atoms with Crippen LogP contribution in [-0.4, -0.2) is 44.2 Å². The lowest BCUT2D eigenvalue weighted by Gasteiger charge is -2.17. The van der Waals surface area contributed by atoms with Crippen molar-refractivity contribution in [1.29, 1.82) is 0 Å². The van der Waals surface area contributed by atoms with E-state index in [1.807, 2.05) is 0 Å². The Hall–Kier alpha value is -2.78. The Morgan fingerprint density at radius 3 is 2.11 bits per heavy atom. The zero-order valence-electron chi connectivity index (χ0n) is 16.0. The van der Waals surface area contributed by atoms with Gasteiger partial charge in [-0.2, -0.15) is 0 Å². The second-order valence-corrected chi connectivity index (χ2v) is 5.82. The third-order valence-electron chi connectivity index (χ3n) is 4.28. The fourth-order valence-corrected chi connectivity index (χ4v) is 3.17. The normalized spacial score (nSPS) is 10.3. The third kappa shape index (κ3) is 4.37. The Labute approximate surface area is 163 Å². The first-order valence-corrected chi connectivity index (χ1v) is 8.51. The number of carboxylic acid groups (broad SMARTS) is 1. The molecule has 0 aliphatic heterocycles. The van der Waals surface area contributed by atoms with Gasteiger partial charge in [0.25, 0.3) is 0 Å². The van der Waals surface area contributed by atoms with Crippen LogP contribution in [0.4, 0.5) is 0 Å². The van der Waals surface area contributed by atoms with Crippen molar-refractivity contribution in [1.82, 2.24) is 10.3 Å². The van der Waals surface area contributed by atoms with Gasteiger partial charge in [0.15, 0.2) is 5.78 Å². The van der Waals surface area contributed by atoms with E-state index in [4.69, 9.17) is 0 Å². The van der Waals surface area contributed by atoms with Crippen LogP contribution in [0.15, 0.2) is 25.3 Å². The number of aromatic nitrogens is 1. The van der Waals surface area contributed by atoms with E-state index in [0.29, 0.717) is 33.5 Å². The first kappa shape index (κ1) is 23.3. The van der Waals surface area contributed by atoms with Crippen LogP contribution in [0.3, 0.4) is 0 Å². The van der Waals surface area contributed by atoms with E-state index >= 15 is 0 Å². The molecular formula is C20H26N2O6. The molecule has 0 radical (unpaired) electrons. The zero-order valence-corrected chi connectivity index (χ0v) is 16.0. The van der Waals surface area contributed by atoms with Crippen LogP contribution >= 0.6 is 0 Å². The lowest BCUT2D eigenvalue weighted by Crippen LogP contribution is -2.09. The van der Waals surface area contributed by atoms with Gasteiger partial charge >= 0.3 is 5.97 Å². The van der Waals surface area contributed by atoms with Crippen molar-refractivity contribution in [2.45, 2.75) is 33.3 Å². The summed E-state index contributed by atoms with van der Waals surface area (Å²) in [5.41, 5.74) is 2.22. The van der Waals surface area contributed by atoms with Crippen molar-refractivity contribution in [3.63, 3.8) is 0 Å². The Kier molecular flexibility index (Phi) is 8.75. The fourth-order valence-electron chi connectivity index (χ4n) is 3.17. The highest BCUT2D eigenvalue weighted by atomic mass is 16.4. The number of aromatic amines is 1. The van der Waals surface area contributed by atoms with Gasteiger partial charge in [-0.05, 0) is 36.2 Å².